The average molecular weight is 168 g/mol. The van der Waals surface area contributed by atoms with E-state index in [4.69, 9.17) is 0 Å². The number of hydrogen-bond donors (Lipinski definition) is 1. The van der Waals surface area contributed by atoms with Crippen LogP contribution in [-0.2, 0) is 0 Å². The maximum Gasteiger partial charge on any atom is 0.220 e. The minimum atomic E-state index is 0.846. The van der Waals surface area contributed by atoms with Crippen LogP contribution >= 0.6 is 0 Å². The van der Waals surface area contributed by atoms with E-state index in [0.717, 1.165) is 32.1 Å². The van der Waals surface area contributed by atoms with Crippen molar-refractivity contribution in [3.05, 3.63) is 0 Å². The summed E-state index contributed by atoms with van der Waals surface area (Å²) in [5.74, 6) is 0.846. The summed E-state index contributed by atoms with van der Waals surface area (Å²) in [4.78, 5) is 10.5. The Hall–Kier alpha value is -0.900. The van der Waals surface area contributed by atoms with Gasteiger partial charge in [-0.2, -0.15) is 0 Å². The molecule has 0 aromatic carbocycles. The summed E-state index contributed by atoms with van der Waals surface area (Å²) >= 11 is 0. The van der Waals surface area contributed by atoms with Crippen LogP contribution in [0.5, 0.6) is 0 Å². The fourth-order valence-corrected chi connectivity index (χ4v) is 1.26. The summed E-state index contributed by atoms with van der Waals surface area (Å²) in [5, 5.41) is 3.29. The van der Waals surface area contributed by atoms with Crippen LogP contribution in [0.2, 0.25) is 0 Å². The molecule has 0 bridgehead atoms. The Balaban J connectivity index is 2.52. The molecule has 1 saturated heterocycles. The summed E-state index contributed by atoms with van der Waals surface area (Å²) in [6, 6.07) is 0. The van der Waals surface area contributed by atoms with Gasteiger partial charge in [0.1, 0.15) is 0 Å². The van der Waals surface area contributed by atoms with Crippen molar-refractivity contribution in [2.45, 2.75) is 6.92 Å². The van der Waals surface area contributed by atoms with E-state index in [1.807, 2.05) is 6.92 Å². The van der Waals surface area contributed by atoms with Crippen molar-refractivity contribution in [3.63, 3.8) is 0 Å². The van der Waals surface area contributed by atoms with Gasteiger partial charge >= 0.3 is 0 Å². The van der Waals surface area contributed by atoms with Crippen LogP contribution < -0.4 is 5.32 Å². The first-order valence-corrected chi connectivity index (χ1v) is 4.29. The van der Waals surface area contributed by atoms with E-state index in [2.05, 4.69) is 20.2 Å². The predicted octanol–water partition coefficient (Wildman–Crippen LogP) is -0.0319. The lowest BCUT2D eigenvalue weighted by atomic mass is 10.4. The van der Waals surface area contributed by atoms with Gasteiger partial charge in [-0.05, 0) is 6.92 Å². The summed E-state index contributed by atoms with van der Waals surface area (Å²) in [7, 11) is 1.78. The molecule has 0 unspecified atom stereocenters. The topological polar surface area (TPSA) is 40.0 Å². The molecule has 0 aromatic heterocycles. The van der Waals surface area contributed by atoms with Gasteiger partial charge in [-0.3, -0.25) is 4.99 Å². The lowest BCUT2D eigenvalue weighted by molar-refractivity contribution is 0.354. The predicted molar refractivity (Wildman–Crippen MR) is 52.0 cm³/mol. The summed E-state index contributed by atoms with van der Waals surface area (Å²) < 4.78 is 0. The van der Waals surface area contributed by atoms with E-state index in [-0.39, 0.29) is 0 Å². The molecule has 0 spiro atoms. The highest BCUT2D eigenvalue weighted by molar-refractivity contribution is 5.87. The molecule has 4 nitrogen and oxygen atoms in total. The molecule has 1 heterocycles. The van der Waals surface area contributed by atoms with Gasteiger partial charge in [-0.25, -0.2) is 4.99 Å². The van der Waals surface area contributed by atoms with Crippen molar-refractivity contribution in [2.75, 3.05) is 33.2 Å². The Morgan fingerprint density at radius 1 is 1.42 bits per heavy atom. The maximum atomic E-state index is 4.19. The quantitative estimate of drug-likeness (QED) is 0.407. The number of aliphatic imine (C=N–C) groups is 2. The highest BCUT2D eigenvalue weighted by Crippen LogP contribution is 1.95. The molecule has 0 atom stereocenters. The fourth-order valence-electron chi connectivity index (χ4n) is 1.26. The van der Waals surface area contributed by atoms with Crippen LogP contribution in [0.1, 0.15) is 6.92 Å². The van der Waals surface area contributed by atoms with Gasteiger partial charge in [0, 0.05) is 39.4 Å². The molecule has 4 heteroatoms. The smallest absolute Gasteiger partial charge is 0.220 e. The molecule has 1 fully saturated rings. The first kappa shape index (κ1) is 9.19. The van der Waals surface area contributed by atoms with E-state index >= 15 is 0 Å². The average Bonchev–Trinajstić information content (AvgIpc) is 2.15. The van der Waals surface area contributed by atoms with E-state index in [1.54, 1.807) is 13.3 Å². The van der Waals surface area contributed by atoms with Crippen LogP contribution in [-0.4, -0.2) is 50.3 Å². The minimum Gasteiger partial charge on any atom is -0.339 e. The van der Waals surface area contributed by atoms with Crippen molar-refractivity contribution in [2.24, 2.45) is 9.98 Å². The number of rotatable bonds is 0. The van der Waals surface area contributed by atoms with E-state index in [1.165, 1.54) is 0 Å². The zero-order chi connectivity index (χ0) is 8.81. The lowest BCUT2D eigenvalue weighted by Crippen LogP contribution is -2.45. The van der Waals surface area contributed by atoms with E-state index in [0.29, 0.717) is 0 Å². The monoisotopic (exact) mass is 168 g/mol. The van der Waals surface area contributed by atoms with Crippen LogP contribution in [0.4, 0.5) is 0 Å². The Bertz CT molecular complexity index is 179. The molecule has 0 amide bonds. The number of hydrogen-bond acceptors (Lipinski definition) is 2. The molecule has 1 rings (SSSR count). The standard InChI is InChI=1S/C8H16N4/c1-3-11-8(9-2)12-6-4-10-5-7-12/h3,10H,4-7H2,1-2H3/b9-8?,11-3-. The van der Waals surface area contributed by atoms with Gasteiger partial charge < -0.3 is 10.2 Å². The zero-order valence-corrected chi connectivity index (χ0v) is 7.75. The largest absolute Gasteiger partial charge is 0.339 e. The molecule has 1 aliphatic heterocycles. The van der Waals surface area contributed by atoms with Crippen molar-refractivity contribution in [3.8, 4) is 0 Å². The lowest BCUT2D eigenvalue weighted by Gasteiger charge is -2.27. The number of guanidine groups is 1. The first-order chi connectivity index (χ1) is 5.88. The SMILES string of the molecule is C/C=N\C(=NC)N1CCNCC1. The van der Waals surface area contributed by atoms with Gasteiger partial charge in [-0.1, -0.05) is 0 Å². The minimum absolute atomic E-state index is 0.846. The third-order valence-electron chi connectivity index (χ3n) is 1.84. The second kappa shape index (κ2) is 4.87. The third kappa shape index (κ3) is 2.30. The molecule has 0 aliphatic carbocycles. The van der Waals surface area contributed by atoms with Crippen molar-refractivity contribution in [1.29, 1.82) is 0 Å². The number of nitrogens with zero attached hydrogens (tertiary/aromatic N) is 3. The Morgan fingerprint density at radius 3 is 2.58 bits per heavy atom. The van der Waals surface area contributed by atoms with Crippen LogP contribution in [0, 0.1) is 0 Å². The van der Waals surface area contributed by atoms with Crippen molar-refractivity contribution in [1.82, 2.24) is 10.2 Å². The highest BCUT2D eigenvalue weighted by atomic mass is 15.3. The van der Waals surface area contributed by atoms with Gasteiger partial charge in [0.2, 0.25) is 5.96 Å². The second-order valence-corrected chi connectivity index (χ2v) is 2.65. The fraction of sp³-hybridized carbons (Fsp3) is 0.750. The van der Waals surface area contributed by atoms with E-state index < -0.39 is 0 Å². The van der Waals surface area contributed by atoms with Crippen molar-refractivity contribution >= 4 is 12.2 Å². The number of nitrogens with one attached hydrogen (secondary N) is 1. The molecular formula is C8H16N4. The Kier molecular flexibility index (Phi) is 3.73. The van der Waals surface area contributed by atoms with Crippen LogP contribution in [0.25, 0.3) is 0 Å². The molecule has 0 saturated carbocycles. The molecule has 68 valence electrons. The third-order valence-corrected chi connectivity index (χ3v) is 1.84. The second-order valence-electron chi connectivity index (χ2n) is 2.65. The summed E-state index contributed by atoms with van der Waals surface area (Å²) in [6.07, 6.45) is 1.78. The van der Waals surface area contributed by atoms with Gasteiger partial charge in [0.15, 0.2) is 0 Å². The zero-order valence-electron chi connectivity index (χ0n) is 7.75. The molecule has 1 aliphatic rings. The molecule has 1 N–H and O–H groups in total. The summed E-state index contributed by atoms with van der Waals surface area (Å²) in [6.45, 7) is 5.97. The molecule has 0 aromatic rings. The van der Waals surface area contributed by atoms with Gasteiger partial charge in [0.05, 0.1) is 0 Å². The first-order valence-electron chi connectivity index (χ1n) is 4.29. The number of piperazine rings is 1. The summed E-state index contributed by atoms with van der Waals surface area (Å²) in [5.41, 5.74) is 0. The Labute approximate surface area is 73.4 Å². The van der Waals surface area contributed by atoms with Gasteiger partial charge in [0.25, 0.3) is 0 Å². The van der Waals surface area contributed by atoms with Crippen LogP contribution in [0.3, 0.4) is 0 Å². The van der Waals surface area contributed by atoms with E-state index in [9.17, 15) is 0 Å². The molecule has 0 radical (unpaired) electrons. The van der Waals surface area contributed by atoms with Gasteiger partial charge in [-0.15, -0.1) is 0 Å². The molecular weight excluding hydrogens is 152 g/mol. The normalized spacial score (nSPS) is 20.5. The Morgan fingerprint density at radius 2 is 2.08 bits per heavy atom. The van der Waals surface area contributed by atoms with Crippen LogP contribution in [0.15, 0.2) is 9.98 Å². The maximum absolute atomic E-state index is 4.19. The highest BCUT2D eigenvalue weighted by Gasteiger charge is 2.11. The molecule has 12 heavy (non-hydrogen) atoms. The van der Waals surface area contributed by atoms with Crippen molar-refractivity contribution < 1.29 is 0 Å².